The van der Waals surface area contributed by atoms with Gasteiger partial charge in [0, 0.05) is 26.1 Å². The Hall–Kier alpha value is -2.18. The zero-order valence-corrected chi connectivity index (χ0v) is 11.4. The SMILES string of the molecule is C=CCN1C[C@@H](C(=O)NCCn2cncn2)CCC1=O. The number of carbonyl (C=O) groups excluding carboxylic acids is 2. The molecule has 1 saturated heterocycles. The second-order valence-corrected chi connectivity index (χ2v) is 4.77. The number of aromatic nitrogens is 3. The smallest absolute Gasteiger partial charge is 0.224 e. The highest BCUT2D eigenvalue weighted by Crippen LogP contribution is 2.17. The van der Waals surface area contributed by atoms with E-state index in [9.17, 15) is 9.59 Å². The lowest BCUT2D eigenvalue weighted by atomic mass is 9.96. The fourth-order valence-corrected chi connectivity index (χ4v) is 2.25. The van der Waals surface area contributed by atoms with Crippen LogP contribution in [0.2, 0.25) is 0 Å². The Morgan fingerprint density at radius 1 is 1.60 bits per heavy atom. The third kappa shape index (κ3) is 3.66. The van der Waals surface area contributed by atoms with E-state index in [4.69, 9.17) is 0 Å². The summed E-state index contributed by atoms with van der Waals surface area (Å²) in [6.45, 7) is 5.70. The number of nitrogens with one attached hydrogen (secondary N) is 1. The molecule has 2 amide bonds. The largest absolute Gasteiger partial charge is 0.354 e. The van der Waals surface area contributed by atoms with Gasteiger partial charge in [-0.15, -0.1) is 6.58 Å². The molecule has 7 heteroatoms. The van der Waals surface area contributed by atoms with Gasteiger partial charge in [-0.3, -0.25) is 14.3 Å². The number of carbonyl (C=O) groups is 2. The van der Waals surface area contributed by atoms with Gasteiger partial charge < -0.3 is 10.2 Å². The normalized spacial score (nSPS) is 18.9. The Kier molecular flexibility index (Phi) is 4.86. The standard InChI is InChI=1S/C13H19N5O2/c1-2-6-17-8-11(3-4-12(17)19)13(20)15-5-7-18-10-14-9-16-18/h2,9-11H,1,3-8H2,(H,15,20)/t11-/m0/s1. The van der Waals surface area contributed by atoms with Crippen LogP contribution in [-0.2, 0) is 16.1 Å². The summed E-state index contributed by atoms with van der Waals surface area (Å²) in [6.07, 6.45) is 5.79. The van der Waals surface area contributed by atoms with E-state index < -0.39 is 0 Å². The number of hydrogen-bond acceptors (Lipinski definition) is 4. The van der Waals surface area contributed by atoms with Gasteiger partial charge in [0.1, 0.15) is 12.7 Å². The molecule has 0 aliphatic carbocycles. The Morgan fingerprint density at radius 3 is 3.15 bits per heavy atom. The topological polar surface area (TPSA) is 80.1 Å². The molecule has 1 aliphatic heterocycles. The van der Waals surface area contributed by atoms with Crippen LogP contribution in [0.1, 0.15) is 12.8 Å². The van der Waals surface area contributed by atoms with Gasteiger partial charge in [-0.05, 0) is 6.42 Å². The second kappa shape index (κ2) is 6.83. The molecule has 1 aromatic rings. The number of hydrogen-bond donors (Lipinski definition) is 1. The van der Waals surface area contributed by atoms with Crippen LogP contribution in [0.3, 0.4) is 0 Å². The Bertz CT molecular complexity index is 471. The van der Waals surface area contributed by atoms with Gasteiger partial charge in [-0.2, -0.15) is 5.10 Å². The van der Waals surface area contributed by atoms with Crippen LogP contribution in [0.5, 0.6) is 0 Å². The van der Waals surface area contributed by atoms with Crippen molar-refractivity contribution in [1.82, 2.24) is 25.0 Å². The monoisotopic (exact) mass is 277 g/mol. The average Bonchev–Trinajstić information content (AvgIpc) is 2.94. The molecule has 1 aliphatic rings. The lowest BCUT2D eigenvalue weighted by molar-refractivity contribution is -0.137. The summed E-state index contributed by atoms with van der Waals surface area (Å²) in [4.78, 5) is 29.2. The third-order valence-corrected chi connectivity index (χ3v) is 3.33. The van der Waals surface area contributed by atoms with Gasteiger partial charge in [0.25, 0.3) is 0 Å². The molecule has 1 fully saturated rings. The van der Waals surface area contributed by atoms with Crippen LogP contribution in [0.25, 0.3) is 0 Å². The number of piperidine rings is 1. The molecule has 2 rings (SSSR count). The summed E-state index contributed by atoms with van der Waals surface area (Å²) in [5.74, 6) is -0.0494. The van der Waals surface area contributed by atoms with E-state index in [0.29, 0.717) is 39.0 Å². The number of amides is 2. The summed E-state index contributed by atoms with van der Waals surface area (Å²) in [5.41, 5.74) is 0. The van der Waals surface area contributed by atoms with Gasteiger partial charge >= 0.3 is 0 Å². The van der Waals surface area contributed by atoms with Crippen LogP contribution in [0.15, 0.2) is 25.3 Å². The average molecular weight is 277 g/mol. The highest BCUT2D eigenvalue weighted by atomic mass is 16.2. The zero-order chi connectivity index (χ0) is 14.4. The summed E-state index contributed by atoms with van der Waals surface area (Å²) >= 11 is 0. The molecule has 1 N–H and O–H groups in total. The zero-order valence-electron chi connectivity index (χ0n) is 11.4. The van der Waals surface area contributed by atoms with Gasteiger partial charge in [0.05, 0.1) is 12.5 Å². The maximum atomic E-state index is 12.1. The van der Waals surface area contributed by atoms with Crippen LogP contribution in [0.4, 0.5) is 0 Å². The van der Waals surface area contributed by atoms with Crippen molar-refractivity contribution in [2.24, 2.45) is 5.92 Å². The molecular formula is C13H19N5O2. The fourth-order valence-electron chi connectivity index (χ4n) is 2.25. The quantitative estimate of drug-likeness (QED) is 0.731. The van der Waals surface area contributed by atoms with E-state index in [1.54, 1.807) is 22.0 Å². The van der Waals surface area contributed by atoms with Crippen molar-refractivity contribution in [1.29, 1.82) is 0 Å². The fraction of sp³-hybridized carbons (Fsp3) is 0.538. The third-order valence-electron chi connectivity index (χ3n) is 3.33. The second-order valence-electron chi connectivity index (χ2n) is 4.77. The molecular weight excluding hydrogens is 258 g/mol. The van der Waals surface area contributed by atoms with E-state index >= 15 is 0 Å². The predicted octanol–water partition coefficient (Wildman–Crippen LogP) is -0.181. The van der Waals surface area contributed by atoms with Crippen molar-refractivity contribution < 1.29 is 9.59 Å². The molecule has 0 unspecified atom stereocenters. The predicted molar refractivity (Wildman–Crippen MR) is 72.5 cm³/mol. The molecule has 0 aromatic carbocycles. The summed E-state index contributed by atoms with van der Waals surface area (Å²) < 4.78 is 1.66. The van der Waals surface area contributed by atoms with E-state index in [-0.39, 0.29) is 17.7 Å². The molecule has 1 aromatic heterocycles. The summed E-state index contributed by atoms with van der Waals surface area (Å²) in [5, 5.41) is 6.84. The molecule has 108 valence electrons. The van der Waals surface area contributed by atoms with Gasteiger partial charge in [-0.1, -0.05) is 6.08 Å². The van der Waals surface area contributed by atoms with Crippen molar-refractivity contribution in [3.8, 4) is 0 Å². The first-order chi connectivity index (χ1) is 9.70. The summed E-state index contributed by atoms with van der Waals surface area (Å²) in [6, 6.07) is 0. The maximum absolute atomic E-state index is 12.1. The van der Waals surface area contributed by atoms with Gasteiger partial charge in [0.2, 0.25) is 11.8 Å². The molecule has 1 atom stereocenters. The number of nitrogens with zero attached hydrogens (tertiary/aromatic N) is 4. The lowest BCUT2D eigenvalue weighted by Crippen LogP contribution is -2.46. The van der Waals surface area contributed by atoms with Crippen molar-refractivity contribution in [2.45, 2.75) is 19.4 Å². The van der Waals surface area contributed by atoms with Crippen molar-refractivity contribution >= 4 is 11.8 Å². The van der Waals surface area contributed by atoms with Crippen LogP contribution in [-0.4, -0.2) is 51.1 Å². The Morgan fingerprint density at radius 2 is 2.45 bits per heavy atom. The van der Waals surface area contributed by atoms with Gasteiger partial charge in [-0.25, -0.2) is 4.98 Å². The first-order valence-electron chi connectivity index (χ1n) is 6.69. The minimum absolute atomic E-state index is 0.00771. The highest BCUT2D eigenvalue weighted by molar-refractivity contribution is 5.83. The van der Waals surface area contributed by atoms with Crippen molar-refractivity contribution in [2.75, 3.05) is 19.6 Å². The molecule has 7 nitrogen and oxygen atoms in total. The van der Waals surface area contributed by atoms with E-state index in [0.717, 1.165) is 0 Å². The number of likely N-dealkylation sites (tertiary alicyclic amines) is 1. The van der Waals surface area contributed by atoms with Gasteiger partial charge in [0.15, 0.2) is 0 Å². The van der Waals surface area contributed by atoms with Crippen molar-refractivity contribution in [3.63, 3.8) is 0 Å². The minimum atomic E-state index is -0.136. The van der Waals surface area contributed by atoms with Crippen molar-refractivity contribution in [3.05, 3.63) is 25.3 Å². The lowest BCUT2D eigenvalue weighted by Gasteiger charge is -2.31. The Labute approximate surface area is 117 Å². The van der Waals surface area contributed by atoms with E-state index in [1.165, 1.54) is 6.33 Å². The first-order valence-corrected chi connectivity index (χ1v) is 6.69. The van der Waals surface area contributed by atoms with Crippen LogP contribution < -0.4 is 5.32 Å². The maximum Gasteiger partial charge on any atom is 0.224 e. The van der Waals surface area contributed by atoms with Crippen LogP contribution in [0, 0.1) is 5.92 Å². The molecule has 0 saturated carbocycles. The number of rotatable bonds is 6. The molecule has 2 heterocycles. The first kappa shape index (κ1) is 14.2. The Balaban J connectivity index is 1.77. The minimum Gasteiger partial charge on any atom is -0.354 e. The molecule has 0 radical (unpaired) electrons. The summed E-state index contributed by atoms with van der Waals surface area (Å²) in [7, 11) is 0. The molecule has 0 bridgehead atoms. The van der Waals surface area contributed by atoms with Crippen LogP contribution >= 0.6 is 0 Å². The highest BCUT2D eigenvalue weighted by Gasteiger charge is 2.29. The molecule has 0 spiro atoms. The molecule has 20 heavy (non-hydrogen) atoms. The van der Waals surface area contributed by atoms with E-state index in [1.807, 2.05) is 0 Å². The van der Waals surface area contributed by atoms with E-state index in [2.05, 4.69) is 22.0 Å².